The molecule has 21 heavy (non-hydrogen) atoms. The summed E-state index contributed by atoms with van der Waals surface area (Å²) in [6, 6.07) is 13.8. The SMILES string of the molecule is NCCNC(=O)c1cccc2cc3ccc(I)cc3nc12. The van der Waals surface area contributed by atoms with Crippen LogP contribution in [0.2, 0.25) is 0 Å². The molecule has 0 fully saturated rings. The Bertz CT molecular complexity index is 832. The van der Waals surface area contributed by atoms with E-state index in [9.17, 15) is 4.79 Å². The number of halogens is 1. The van der Waals surface area contributed by atoms with Gasteiger partial charge >= 0.3 is 0 Å². The van der Waals surface area contributed by atoms with Crippen molar-refractivity contribution in [3.8, 4) is 0 Å². The van der Waals surface area contributed by atoms with Gasteiger partial charge in [0.25, 0.3) is 5.91 Å². The van der Waals surface area contributed by atoms with Gasteiger partial charge in [0.1, 0.15) is 0 Å². The average molecular weight is 391 g/mol. The molecule has 0 unspecified atom stereocenters. The van der Waals surface area contributed by atoms with Gasteiger partial charge in [-0.3, -0.25) is 4.79 Å². The fraction of sp³-hybridized carbons (Fsp3) is 0.125. The first-order valence-electron chi connectivity index (χ1n) is 6.66. The van der Waals surface area contributed by atoms with E-state index in [4.69, 9.17) is 5.73 Å². The minimum atomic E-state index is -0.136. The van der Waals surface area contributed by atoms with E-state index in [2.05, 4.69) is 39.0 Å². The Morgan fingerprint density at radius 1 is 1.19 bits per heavy atom. The van der Waals surface area contributed by atoms with Crippen molar-refractivity contribution in [2.75, 3.05) is 13.1 Å². The van der Waals surface area contributed by atoms with Crippen molar-refractivity contribution in [2.45, 2.75) is 0 Å². The highest BCUT2D eigenvalue weighted by molar-refractivity contribution is 14.1. The molecule has 1 amide bonds. The predicted molar refractivity (Wildman–Crippen MR) is 93.4 cm³/mol. The molecule has 3 N–H and O–H groups in total. The molecule has 106 valence electrons. The van der Waals surface area contributed by atoms with Crippen LogP contribution in [0.15, 0.2) is 42.5 Å². The summed E-state index contributed by atoms with van der Waals surface area (Å²) in [5.74, 6) is -0.136. The highest BCUT2D eigenvalue weighted by Crippen LogP contribution is 2.23. The van der Waals surface area contributed by atoms with Crippen LogP contribution in [0.4, 0.5) is 0 Å². The van der Waals surface area contributed by atoms with Crippen LogP contribution in [0, 0.1) is 3.57 Å². The molecule has 0 saturated heterocycles. The Labute approximate surface area is 135 Å². The van der Waals surface area contributed by atoms with E-state index in [1.807, 2.05) is 30.3 Å². The molecule has 3 aromatic rings. The van der Waals surface area contributed by atoms with E-state index in [1.165, 1.54) is 0 Å². The summed E-state index contributed by atoms with van der Waals surface area (Å²) >= 11 is 2.26. The van der Waals surface area contributed by atoms with E-state index < -0.39 is 0 Å². The summed E-state index contributed by atoms with van der Waals surface area (Å²) < 4.78 is 1.12. The van der Waals surface area contributed by atoms with Gasteiger partial charge in [0, 0.05) is 27.4 Å². The lowest BCUT2D eigenvalue weighted by Crippen LogP contribution is -2.29. The molecular weight excluding hydrogens is 377 g/mol. The lowest BCUT2D eigenvalue weighted by atomic mass is 10.1. The third-order valence-corrected chi connectivity index (χ3v) is 3.95. The Balaban J connectivity index is 2.19. The summed E-state index contributed by atoms with van der Waals surface area (Å²) in [7, 11) is 0. The van der Waals surface area contributed by atoms with Crippen LogP contribution < -0.4 is 11.1 Å². The molecule has 0 spiro atoms. The third-order valence-electron chi connectivity index (χ3n) is 3.28. The molecular formula is C16H14IN3O. The number of amides is 1. The number of aromatic nitrogens is 1. The fourth-order valence-electron chi connectivity index (χ4n) is 2.29. The normalized spacial score (nSPS) is 11.0. The number of carbonyl (C=O) groups is 1. The van der Waals surface area contributed by atoms with Crippen molar-refractivity contribution in [3.05, 3.63) is 51.6 Å². The van der Waals surface area contributed by atoms with Crippen molar-refractivity contribution in [2.24, 2.45) is 5.73 Å². The second kappa shape index (κ2) is 5.95. The zero-order valence-corrected chi connectivity index (χ0v) is 13.4. The minimum Gasteiger partial charge on any atom is -0.351 e. The number of nitrogens with one attached hydrogen (secondary N) is 1. The van der Waals surface area contributed by atoms with Crippen LogP contribution in [-0.2, 0) is 0 Å². The summed E-state index contributed by atoms with van der Waals surface area (Å²) in [4.78, 5) is 16.9. The van der Waals surface area contributed by atoms with Crippen LogP contribution in [0.1, 0.15) is 10.4 Å². The number of nitrogens with zero attached hydrogens (tertiary/aromatic N) is 1. The quantitative estimate of drug-likeness (QED) is 0.533. The second-order valence-corrected chi connectivity index (χ2v) is 5.99. The first-order chi connectivity index (χ1) is 10.2. The third kappa shape index (κ3) is 2.84. The average Bonchev–Trinajstić information content (AvgIpc) is 2.50. The summed E-state index contributed by atoms with van der Waals surface area (Å²) in [6.07, 6.45) is 0. The highest BCUT2D eigenvalue weighted by atomic mass is 127. The van der Waals surface area contributed by atoms with Gasteiger partial charge in [-0.2, -0.15) is 0 Å². The first kappa shape index (κ1) is 14.2. The van der Waals surface area contributed by atoms with Crippen molar-refractivity contribution in [1.29, 1.82) is 0 Å². The molecule has 0 aliphatic carbocycles. The predicted octanol–water partition coefficient (Wildman–Crippen LogP) is 2.68. The first-order valence-corrected chi connectivity index (χ1v) is 7.74. The highest BCUT2D eigenvalue weighted by Gasteiger charge is 2.11. The van der Waals surface area contributed by atoms with E-state index in [1.54, 1.807) is 6.07 Å². The van der Waals surface area contributed by atoms with Gasteiger partial charge in [0.05, 0.1) is 16.6 Å². The number of fused-ring (bicyclic) bond motifs is 2. The molecule has 0 bridgehead atoms. The number of rotatable bonds is 3. The van der Waals surface area contributed by atoms with Crippen LogP contribution in [0.5, 0.6) is 0 Å². The minimum absolute atomic E-state index is 0.136. The molecule has 0 atom stereocenters. The number of nitrogens with two attached hydrogens (primary N) is 1. The topological polar surface area (TPSA) is 68.0 Å². The largest absolute Gasteiger partial charge is 0.351 e. The van der Waals surface area contributed by atoms with E-state index in [-0.39, 0.29) is 5.91 Å². The summed E-state index contributed by atoms with van der Waals surface area (Å²) in [6.45, 7) is 0.881. The smallest absolute Gasteiger partial charge is 0.253 e. The van der Waals surface area contributed by atoms with Crippen LogP contribution in [0.3, 0.4) is 0 Å². The molecule has 4 nitrogen and oxygen atoms in total. The second-order valence-electron chi connectivity index (χ2n) is 4.75. The lowest BCUT2D eigenvalue weighted by Gasteiger charge is -2.08. The molecule has 2 aromatic carbocycles. The van der Waals surface area contributed by atoms with E-state index >= 15 is 0 Å². The van der Waals surface area contributed by atoms with Gasteiger partial charge in [0.15, 0.2) is 0 Å². The molecule has 0 aliphatic heterocycles. The van der Waals surface area contributed by atoms with Gasteiger partial charge in [-0.1, -0.05) is 18.2 Å². The van der Waals surface area contributed by atoms with Gasteiger partial charge in [-0.05, 0) is 46.9 Å². The van der Waals surface area contributed by atoms with Crippen LogP contribution in [-0.4, -0.2) is 24.0 Å². The Kier molecular flexibility index (Phi) is 4.03. The van der Waals surface area contributed by atoms with E-state index in [0.29, 0.717) is 18.7 Å². The molecule has 5 heteroatoms. The Hall–Kier alpha value is -1.73. The summed E-state index contributed by atoms with van der Waals surface area (Å²) in [5.41, 5.74) is 7.63. The zero-order chi connectivity index (χ0) is 14.8. The number of benzene rings is 2. The number of hydrogen-bond acceptors (Lipinski definition) is 3. The zero-order valence-electron chi connectivity index (χ0n) is 11.3. The number of carbonyl (C=O) groups excluding carboxylic acids is 1. The summed E-state index contributed by atoms with van der Waals surface area (Å²) in [5, 5.41) is 4.83. The maximum absolute atomic E-state index is 12.2. The monoisotopic (exact) mass is 391 g/mol. The number of pyridine rings is 1. The molecule has 0 saturated carbocycles. The van der Waals surface area contributed by atoms with Gasteiger partial charge < -0.3 is 11.1 Å². The fourth-order valence-corrected chi connectivity index (χ4v) is 2.77. The van der Waals surface area contributed by atoms with Crippen LogP contribution >= 0.6 is 22.6 Å². The number of hydrogen-bond donors (Lipinski definition) is 2. The Morgan fingerprint density at radius 3 is 2.86 bits per heavy atom. The van der Waals surface area contributed by atoms with Crippen molar-refractivity contribution in [1.82, 2.24) is 10.3 Å². The van der Waals surface area contributed by atoms with Crippen LogP contribution in [0.25, 0.3) is 21.8 Å². The molecule has 0 radical (unpaired) electrons. The molecule has 1 aromatic heterocycles. The maximum Gasteiger partial charge on any atom is 0.253 e. The maximum atomic E-state index is 12.2. The van der Waals surface area contributed by atoms with Crippen molar-refractivity contribution < 1.29 is 4.79 Å². The van der Waals surface area contributed by atoms with Gasteiger partial charge in [-0.15, -0.1) is 0 Å². The standard InChI is InChI=1S/C16H14IN3O/c17-12-5-4-10-8-11-2-1-3-13(16(21)19-7-6-18)15(11)20-14(10)9-12/h1-5,8-9H,6-7,18H2,(H,19,21). The number of para-hydroxylation sites is 1. The van der Waals surface area contributed by atoms with Crippen molar-refractivity contribution in [3.63, 3.8) is 0 Å². The lowest BCUT2D eigenvalue weighted by molar-refractivity contribution is 0.0956. The molecule has 3 rings (SSSR count). The van der Waals surface area contributed by atoms with Crippen molar-refractivity contribution >= 4 is 50.3 Å². The Morgan fingerprint density at radius 2 is 2.05 bits per heavy atom. The van der Waals surface area contributed by atoms with Gasteiger partial charge in [-0.25, -0.2) is 4.98 Å². The molecule has 1 heterocycles. The van der Waals surface area contributed by atoms with Gasteiger partial charge in [0.2, 0.25) is 0 Å². The molecule has 0 aliphatic rings. The van der Waals surface area contributed by atoms with E-state index in [0.717, 1.165) is 25.4 Å².